The molecule has 0 aromatic heterocycles. The van der Waals surface area contributed by atoms with Crippen LogP contribution >= 0.6 is 31.9 Å². The van der Waals surface area contributed by atoms with Crippen molar-refractivity contribution in [2.45, 2.75) is 0 Å². The fraction of sp³-hybridized carbons (Fsp3) is 0.0714. The van der Waals surface area contributed by atoms with Gasteiger partial charge in [-0.1, -0.05) is 34.1 Å². The summed E-state index contributed by atoms with van der Waals surface area (Å²) in [6.07, 6.45) is 0. The van der Waals surface area contributed by atoms with Crippen molar-refractivity contribution in [1.82, 2.24) is 0 Å². The Morgan fingerprint density at radius 1 is 1.05 bits per heavy atom. The van der Waals surface area contributed by atoms with Crippen LogP contribution in [0.3, 0.4) is 0 Å². The summed E-state index contributed by atoms with van der Waals surface area (Å²) in [6, 6.07) is 15.2. The lowest BCUT2D eigenvalue weighted by molar-refractivity contribution is -0.114. The van der Waals surface area contributed by atoms with E-state index >= 15 is 0 Å². The standard InChI is InChI=1S/C14H12Br2N2O/c15-10-6-7-13(12(16)8-10)18-14(19)9-17-11-4-2-1-3-5-11/h1-8,17H,9H2,(H,18,19). The largest absolute Gasteiger partial charge is 0.376 e. The van der Waals surface area contributed by atoms with E-state index in [0.29, 0.717) is 0 Å². The van der Waals surface area contributed by atoms with E-state index in [1.54, 1.807) is 0 Å². The van der Waals surface area contributed by atoms with Crippen LogP contribution in [0.5, 0.6) is 0 Å². The minimum Gasteiger partial charge on any atom is -0.376 e. The number of anilines is 2. The molecule has 1 amide bonds. The van der Waals surface area contributed by atoms with Crippen molar-refractivity contribution in [3.8, 4) is 0 Å². The summed E-state index contributed by atoms with van der Waals surface area (Å²) in [5.41, 5.74) is 1.68. The average Bonchev–Trinajstić information content (AvgIpc) is 2.41. The smallest absolute Gasteiger partial charge is 0.243 e. The predicted molar refractivity (Wildman–Crippen MR) is 85.4 cm³/mol. The van der Waals surface area contributed by atoms with E-state index in [9.17, 15) is 4.79 Å². The van der Waals surface area contributed by atoms with Gasteiger partial charge in [0.05, 0.1) is 12.2 Å². The summed E-state index contributed by atoms with van der Waals surface area (Å²) < 4.78 is 1.80. The van der Waals surface area contributed by atoms with E-state index in [-0.39, 0.29) is 12.5 Å². The number of benzene rings is 2. The summed E-state index contributed by atoms with van der Waals surface area (Å²) in [6.45, 7) is 0.229. The fourth-order valence-electron chi connectivity index (χ4n) is 1.52. The molecule has 0 atom stereocenters. The summed E-state index contributed by atoms with van der Waals surface area (Å²) >= 11 is 6.78. The van der Waals surface area contributed by atoms with Gasteiger partial charge < -0.3 is 10.6 Å². The quantitative estimate of drug-likeness (QED) is 0.827. The molecule has 0 bridgehead atoms. The molecule has 0 radical (unpaired) electrons. The van der Waals surface area contributed by atoms with E-state index < -0.39 is 0 Å². The van der Waals surface area contributed by atoms with Gasteiger partial charge in [-0.05, 0) is 46.3 Å². The molecule has 0 heterocycles. The van der Waals surface area contributed by atoms with Gasteiger partial charge in [0, 0.05) is 14.6 Å². The Labute approximate surface area is 128 Å². The van der Waals surface area contributed by atoms with Crippen LogP contribution < -0.4 is 10.6 Å². The number of hydrogen-bond acceptors (Lipinski definition) is 2. The second-order valence-electron chi connectivity index (χ2n) is 3.89. The number of rotatable bonds is 4. The monoisotopic (exact) mass is 382 g/mol. The van der Waals surface area contributed by atoms with Crippen LogP contribution in [0.4, 0.5) is 11.4 Å². The van der Waals surface area contributed by atoms with Crippen molar-refractivity contribution in [2.75, 3.05) is 17.2 Å². The van der Waals surface area contributed by atoms with Crippen LogP contribution in [0.15, 0.2) is 57.5 Å². The van der Waals surface area contributed by atoms with Gasteiger partial charge in [0.15, 0.2) is 0 Å². The van der Waals surface area contributed by atoms with Crippen LogP contribution in [-0.2, 0) is 4.79 Å². The first kappa shape index (κ1) is 14.1. The third kappa shape index (κ3) is 4.36. The fourth-order valence-corrected chi connectivity index (χ4v) is 2.67. The maximum Gasteiger partial charge on any atom is 0.243 e. The van der Waals surface area contributed by atoms with Crippen molar-refractivity contribution in [3.63, 3.8) is 0 Å². The van der Waals surface area contributed by atoms with Crippen molar-refractivity contribution in [2.24, 2.45) is 0 Å². The molecule has 0 aliphatic rings. The van der Waals surface area contributed by atoms with E-state index in [2.05, 4.69) is 42.5 Å². The highest BCUT2D eigenvalue weighted by atomic mass is 79.9. The van der Waals surface area contributed by atoms with E-state index in [4.69, 9.17) is 0 Å². The first-order valence-electron chi connectivity index (χ1n) is 5.69. The summed E-state index contributed by atoms with van der Waals surface area (Å²) in [7, 11) is 0. The highest BCUT2D eigenvalue weighted by molar-refractivity contribution is 9.11. The molecule has 2 N–H and O–H groups in total. The molecule has 3 nitrogen and oxygen atoms in total. The second kappa shape index (κ2) is 6.73. The second-order valence-corrected chi connectivity index (χ2v) is 5.66. The zero-order valence-corrected chi connectivity index (χ0v) is 13.2. The third-order valence-electron chi connectivity index (χ3n) is 2.43. The Hall–Kier alpha value is -1.33. The first-order chi connectivity index (χ1) is 9.15. The molecule has 0 unspecified atom stereocenters. The Bertz CT molecular complexity index is 573. The summed E-state index contributed by atoms with van der Waals surface area (Å²) in [5.74, 6) is -0.0909. The van der Waals surface area contributed by atoms with Crippen LogP contribution in [0.2, 0.25) is 0 Å². The van der Waals surface area contributed by atoms with Gasteiger partial charge in [-0.2, -0.15) is 0 Å². The van der Waals surface area contributed by atoms with Crippen LogP contribution in [0, 0.1) is 0 Å². The van der Waals surface area contributed by atoms with Gasteiger partial charge in [-0.3, -0.25) is 4.79 Å². The van der Waals surface area contributed by atoms with Crippen LogP contribution in [0.25, 0.3) is 0 Å². The molecule has 2 aromatic carbocycles. The van der Waals surface area contributed by atoms with E-state index in [0.717, 1.165) is 20.3 Å². The zero-order chi connectivity index (χ0) is 13.7. The minimum absolute atomic E-state index is 0.0909. The molecule has 2 aromatic rings. The van der Waals surface area contributed by atoms with E-state index in [1.807, 2.05) is 48.5 Å². The Morgan fingerprint density at radius 3 is 2.47 bits per heavy atom. The van der Waals surface area contributed by atoms with Gasteiger partial charge in [0.1, 0.15) is 0 Å². The molecule has 0 saturated carbocycles. The molecule has 5 heteroatoms. The topological polar surface area (TPSA) is 41.1 Å². The zero-order valence-electron chi connectivity index (χ0n) is 9.99. The normalized spacial score (nSPS) is 10.0. The molecule has 0 fully saturated rings. The molecular weight excluding hydrogens is 372 g/mol. The number of para-hydroxylation sites is 1. The maximum atomic E-state index is 11.8. The Balaban J connectivity index is 1.91. The van der Waals surface area contributed by atoms with E-state index in [1.165, 1.54) is 0 Å². The average molecular weight is 384 g/mol. The van der Waals surface area contributed by atoms with Crippen molar-refractivity contribution >= 4 is 49.1 Å². The highest BCUT2D eigenvalue weighted by Crippen LogP contribution is 2.26. The number of halogens is 2. The number of carbonyl (C=O) groups is 1. The van der Waals surface area contributed by atoms with Gasteiger partial charge in [-0.15, -0.1) is 0 Å². The van der Waals surface area contributed by atoms with Gasteiger partial charge >= 0.3 is 0 Å². The number of carbonyl (C=O) groups excluding carboxylic acids is 1. The lowest BCUT2D eigenvalue weighted by Crippen LogP contribution is -2.21. The molecule has 0 saturated heterocycles. The molecule has 2 rings (SSSR count). The van der Waals surface area contributed by atoms with Crippen molar-refractivity contribution in [1.29, 1.82) is 0 Å². The Kier molecular flexibility index (Phi) is 4.99. The Morgan fingerprint density at radius 2 is 1.79 bits per heavy atom. The van der Waals surface area contributed by atoms with Gasteiger partial charge in [-0.25, -0.2) is 0 Å². The number of amides is 1. The first-order valence-corrected chi connectivity index (χ1v) is 7.27. The predicted octanol–water partition coefficient (Wildman–Crippen LogP) is 4.26. The molecule has 98 valence electrons. The van der Waals surface area contributed by atoms with Crippen LogP contribution in [0.1, 0.15) is 0 Å². The molecule has 0 aliphatic heterocycles. The number of hydrogen-bond donors (Lipinski definition) is 2. The minimum atomic E-state index is -0.0909. The highest BCUT2D eigenvalue weighted by Gasteiger charge is 2.05. The van der Waals surface area contributed by atoms with Crippen LogP contribution in [-0.4, -0.2) is 12.5 Å². The SMILES string of the molecule is O=C(CNc1ccccc1)Nc1ccc(Br)cc1Br. The van der Waals surface area contributed by atoms with Crippen molar-refractivity contribution < 1.29 is 4.79 Å². The number of nitrogens with one attached hydrogen (secondary N) is 2. The molecule has 0 aliphatic carbocycles. The summed E-state index contributed by atoms with van der Waals surface area (Å²) in [4.78, 5) is 11.8. The lowest BCUT2D eigenvalue weighted by Gasteiger charge is -2.09. The molecule has 19 heavy (non-hydrogen) atoms. The summed E-state index contributed by atoms with van der Waals surface area (Å²) in [5, 5.41) is 5.90. The maximum absolute atomic E-state index is 11.8. The third-order valence-corrected chi connectivity index (χ3v) is 3.58. The van der Waals surface area contributed by atoms with Gasteiger partial charge in [0.25, 0.3) is 0 Å². The van der Waals surface area contributed by atoms with Crippen molar-refractivity contribution in [3.05, 3.63) is 57.5 Å². The molecule has 0 spiro atoms. The van der Waals surface area contributed by atoms with Gasteiger partial charge in [0.2, 0.25) is 5.91 Å². The lowest BCUT2D eigenvalue weighted by atomic mass is 10.3. The molecular formula is C14H12Br2N2O.